The van der Waals surface area contributed by atoms with E-state index in [4.69, 9.17) is 14.6 Å². The number of aliphatic hydroxyl groups is 2. The minimum Gasteiger partial charge on any atom is -0.493 e. The average Bonchev–Trinajstić information content (AvgIpc) is 2.72. The molecule has 1 aliphatic rings. The van der Waals surface area contributed by atoms with Crippen LogP contribution in [0.4, 0.5) is 0 Å². The van der Waals surface area contributed by atoms with Gasteiger partial charge in [0.25, 0.3) is 0 Å². The van der Waals surface area contributed by atoms with Gasteiger partial charge in [-0.3, -0.25) is 9.80 Å². The van der Waals surface area contributed by atoms with Gasteiger partial charge in [-0.2, -0.15) is 0 Å². The number of rotatable bonds is 12. The van der Waals surface area contributed by atoms with Gasteiger partial charge in [0.1, 0.15) is 12.7 Å². The van der Waals surface area contributed by atoms with Gasteiger partial charge in [-0.15, -0.1) is 0 Å². The van der Waals surface area contributed by atoms with Gasteiger partial charge in [0.05, 0.1) is 13.7 Å². The fraction of sp³-hybridized carbons (Fsp3) is 0.714. The summed E-state index contributed by atoms with van der Waals surface area (Å²) in [5.41, 5.74) is 1.11. The highest BCUT2D eigenvalue weighted by Crippen LogP contribution is 2.28. The first kappa shape index (κ1) is 22.9. The lowest BCUT2D eigenvalue weighted by Gasteiger charge is -2.34. The summed E-state index contributed by atoms with van der Waals surface area (Å²) < 4.78 is 11.3. The molecule has 1 aromatic carbocycles. The van der Waals surface area contributed by atoms with Gasteiger partial charge in [0, 0.05) is 45.8 Å². The lowest BCUT2D eigenvalue weighted by molar-refractivity contribution is 0.0464. The number of hydrogen-bond acceptors (Lipinski definition) is 7. The fourth-order valence-corrected chi connectivity index (χ4v) is 3.50. The number of aliphatic hydroxyl groups excluding tert-OH is 2. The Morgan fingerprint density at radius 1 is 1.11 bits per heavy atom. The first-order chi connectivity index (χ1) is 13.6. The molecule has 0 spiro atoms. The monoisotopic (exact) mass is 395 g/mol. The van der Waals surface area contributed by atoms with Gasteiger partial charge in [0.15, 0.2) is 11.5 Å². The summed E-state index contributed by atoms with van der Waals surface area (Å²) >= 11 is 0. The van der Waals surface area contributed by atoms with Crippen LogP contribution in [0.2, 0.25) is 0 Å². The normalized spacial score (nSPS) is 17.1. The average molecular weight is 396 g/mol. The van der Waals surface area contributed by atoms with Crippen molar-refractivity contribution < 1.29 is 19.7 Å². The minimum atomic E-state index is -0.530. The van der Waals surface area contributed by atoms with Crippen molar-refractivity contribution in [1.82, 2.24) is 14.7 Å². The quantitative estimate of drug-likeness (QED) is 0.545. The van der Waals surface area contributed by atoms with E-state index < -0.39 is 6.10 Å². The standard InChI is InChI=1S/C21H37N3O4/c1-4-22-8-10-24(11-9-22)16-19(26)17-28-20-7-6-18(14-21(20)27-3)15-23(5-2)12-13-25/h6-7,14,19,25-26H,4-5,8-13,15-17H2,1-3H3. The van der Waals surface area contributed by atoms with Crippen molar-refractivity contribution in [2.45, 2.75) is 26.5 Å². The maximum atomic E-state index is 10.4. The minimum absolute atomic E-state index is 0.150. The predicted molar refractivity (Wildman–Crippen MR) is 111 cm³/mol. The van der Waals surface area contributed by atoms with Crippen molar-refractivity contribution in [1.29, 1.82) is 0 Å². The van der Waals surface area contributed by atoms with Crippen molar-refractivity contribution in [2.75, 3.05) is 72.7 Å². The molecule has 0 saturated carbocycles. The number of hydrogen-bond donors (Lipinski definition) is 2. The zero-order valence-corrected chi connectivity index (χ0v) is 17.6. The smallest absolute Gasteiger partial charge is 0.161 e. The molecule has 1 saturated heterocycles. The van der Waals surface area contributed by atoms with Crippen LogP contribution >= 0.6 is 0 Å². The van der Waals surface area contributed by atoms with E-state index >= 15 is 0 Å². The summed E-state index contributed by atoms with van der Waals surface area (Å²) in [5.74, 6) is 1.31. The summed E-state index contributed by atoms with van der Waals surface area (Å²) in [6.45, 7) is 12.7. The van der Waals surface area contributed by atoms with Crippen LogP contribution in [0.25, 0.3) is 0 Å². The second-order valence-electron chi connectivity index (χ2n) is 7.28. The molecular formula is C21H37N3O4. The second kappa shape index (κ2) is 12.2. The van der Waals surface area contributed by atoms with E-state index in [-0.39, 0.29) is 13.2 Å². The Hall–Kier alpha value is -1.38. The van der Waals surface area contributed by atoms with Gasteiger partial charge in [-0.25, -0.2) is 0 Å². The Labute approximate surface area is 169 Å². The van der Waals surface area contributed by atoms with Crippen LogP contribution in [0.3, 0.4) is 0 Å². The molecule has 2 N–H and O–H groups in total. The molecule has 0 aliphatic carbocycles. The lowest BCUT2D eigenvalue weighted by Crippen LogP contribution is -2.49. The van der Waals surface area contributed by atoms with Crippen LogP contribution in [-0.4, -0.2) is 104 Å². The molecule has 1 aliphatic heterocycles. The van der Waals surface area contributed by atoms with Gasteiger partial charge in [0.2, 0.25) is 0 Å². The summed E-state index contributed by atoms with van der Waals surface area (Å²) in [6.07, 6.45) is -0.530. The van der Waals surface area contributed by atoms with E-state index in [1.54, 1.807) is 7.11 Å². The Kier molecular flexibility index (Phi) is 10.0. The molecule has 1 aromatic rings. The predicted octanol–water partition coefficient (Wildman–Crippen LogP) is 0.887. The topological polar surface area (TPSA) is 68.6 Å². The van der Waals surface area contributed by atoms with Crippen molar-refractivity contribution in [3.8, 4) is 11.5 Å². The van der Waals surface area contributed by atoms with Crippen LogP contribution in [-0.2, 0) is 6.54 Å². The maximum Gasteiger partial charge on any atom is 0.161 e. The van der Waals surface area contributed by atoms with Crippen LogP contribution in [0.1, 0.15) is 19.4 Å². The van der Waals surface area contributed by atoms with Gasteiger partial charge in [-0.1, -0.05) is 19.9 Å². The first-order valence-corrected chi connectivity index (χ1v) is 10.3. The number of nitrogens with zero attached hydrogens (tertiary/aromatic N) is 3. The second-order valence-corrected chi connectivity index (χ2v) is 7.28. The van der Waals surface area contributed by atoms with Crippen LogP contribution in [0, 0.1) is 0 Å². The summed E-state index contributed by atoms with van der Waals surface area (Å²) in [5, 5.41) is 19.5. The summed E-state index contributed by atoms with van der Waals surface area (Å²) in [6, 6.07) is 5.87. The highest BCUT2D eigenvalue weighted by atomic mass is 16.5. The third-order valence-corrected chi connectivity index (χ3v) is 5.31. The van der Waals surface area contributed by atoms with Crippen LogP contribution < -0.4 is 9.47 Å². The number of piperazine rings is 1. The molecule has 1 heterocycles. The number of β-amino-alcohol motifs (C(OH)–C–C–N with tert-alkyl or cyclic N) is 1. The van der Waals surface area contributed by atoms with Crippen molar-refractivity contribution in [2.24, 2.45) is 0 Å². The van der Waals surface area contributed by atoms with E-state index in [1.165, 1.54) is 0 Å². The van der Waals surface area contributed by atoms with E-state index in [0.29, 0.717) is 24.6 Å². The lowest BCUT2D eigenvalue weighted by atomic mass is 10.2. The SMILES string of the molecule is CCN1CCN(CC(O)COc2ccc(CN(CC)CCO)cc2OC)CC1. The van der Waals surface area contributed by atoms with E-state index in [0.717, 1.165) is 51.4 Å². The number of likely N-dealkylation sites (N-methyl/N-ethyl adjacent to an activating group) is 2. The molecule has 7 nitrogen and oxygen atoms in total. The molecule has 28 heavy (non-hydrogen) atoms. The largest absolute Gasteiger partial charge is 0.493 e. The Bertz CT molecular complexity index is 565. The molecule has 160 valence electrons. The zero-order valence-electron chi connectivity index (χ0n) is 17.6. The van der Waals surface area contributed by atoms with Crippen LogP contribution in [0.5, 0.6) is 11.5 Å². The molecule has 1 fully saturated rings. The molecule has 0 radical (unpaired) electrons. The van der Waals surface area contributed by atoms with Crippen molar-refractivity contribution in [3.63, 3.8) is 0 Å². The molecule has 1 unspecified atom stereocenters. The Morgan fingerprint density at radius 3 is 2.43 bits per heavy atom. The number of methoxy groups -OCH3 is 1. The fourth-order valence-electron chi connectivity index (χ4n) is 3.50. The summed E-state index contributed by atoms with van der Waals surface area (Å²) in [4.78, 5) is 6.88. The molecule has 7 heteroatoms. The van der Waals surface area contributed by atoms with Crippen molar-refractivity contribution >= 4 is 0 Å². The van der Waals surface area contributed by atoms with E-state index in [9.17, 15) is 5.11 Å². The van der Waals surface area contributed by atoms with E-state index in [2.05, 4.69) is 28.5 Å². The van der Waals surface area contributed by atoms with Gasteiger partial charge in [-0.05, 0) is 30.8 Å². The third-order valence-electron chi connectivity index (χ3n) is 5.31. The number of ether oxygens (including phenoxy) is 2. The molecular weight excluding hydrogens is 358 g/mol. The molecule has 0 amide bonds. The Morgan fingerprint density at radius 2 is 1.82 bits per heavy atom. The van der Waals surface area contributed by atoms with Gasteiger partial charge < -0.3 is 24.6 Å². The maximum absolute atomic E-state index is 10.4. The summed E-state index contributed by atoms with van der Waals surface area (Å²) in [7, 11) is 1.63. The zero-order chi connectivity index (χ0) is 20.4. The third kappa shape index (κ3) is 7.22. The van der Waals surface area contributed by atoms with Crippen molar-refractivity contribution in [3.05, 3.63) is 23.8 Å². The van der Waals surface area contributed by atoms with Crippen LogP contribution in [0.15, 0.2) is 18.2 Å². The molecule has 1 atom stereocenters. The van der Waals surface area contributed by atoms with Gasteiger partial charge >= 0.3 is 0 Å². The highest BCUT2D eigenvalue weighted by Gasteiger charge is 2.19. The Balaban J connectivity index is 1.84. The van der Waals surface area contributed by atoms with E-state index in [1.807, 2.05) is 18.2 Å². The first-order valence-electron chi connectivity index (χ1n) is 10.3. The molecule has 0 bridgehead atoms. The highest BCUT2D eigenvalue weighted by molar-refractivity contribution is 5.43. The number of benzene rings is 1. The molecule has 2 rings (SSSR count). The molecule has 0 aromatic heterocycles.